The van der Waals surface area contributed by atoms with Crippen LogP contribution in [0.25, 0.3) is 0 Å². The number of nitrogens with one attached hydrogen (secondary N) is 1. The molecule has 0 saturated carbocycles. The normalized spacial score (nSPS) is 15.1. The van der Waals surface area contributed by atoms with Crippen molar-refractivity contribution in [2.75, 3.05) is 52.3 Å². The summed E-state index contributed by atoms with van der Waals surface area (Å²) in [5, 5.41) is 2.34. The second-order valence-corrected chi connectivity index (χ2v) is 7.33. The Bertz CT molecular complexity index is 879. The van der Waals surface area contributed by atoms with Crippen molar-refractivity contribution < 1.29 is 23.0 Å². The van der Waals surface area contributed by atoms with Crippen LogP contribution in [0.4, 0.5) is 14.5 Å². The van der Waals surface area contributed by atoms with Crippen LogP contribution in [-0.2, 0) is 11.3 Å². The van der Waals surface area contributed by atoms with E-state index >= 15 is 0 Å². The molecule has 1 saturated heterocycles. The summed E-state index contributed by atoms with van der Waals surface area (Å²) in [6.45, 7) is 5.87. The highest BCUT2D eigenvalue weighted by Crippen LogP contribution is 2.31. The molecule has 162 valence electrons. The van der Waals surface area contributed by atoms with E-state index in [9.17, 15) is 13.6 Å². The van der Waals surface area contributed by atoms with Gasteiger partial charge in [0.05, 0.1) is 20.8 Å². The second kappa shape index (κ2) is 9.86. The molecule has 1 fully saturated rings. The van der Waals surface area contributed by atoms with Crippen LogP contribution in [0.15, 0.2) is 30.3 Å². The molecule has 0 spiro atoms. The van der Waals surface area contributed by atoms with E-state index in [1.165, 1.54) is 6.07 Å². The fourth-order valence-corrected chi connectivity index (χ4v) is 3.54. The molecule has 1 N–H and O–H groups in total. The van der Waals surface area contributed by atoms with Gasteiger partial charge in [0.2, 0.25) is 5.91 Å². The fraction of sp³-hybridized carbons (Fsp3) is 0.409. The Hall–Kier alpha value is -2.71. The van der Waals surface area contributed by atoms with E-state index in [1.54, 1.807) is 14.2 Å². The zero-order chi connectivity index (χ0) is 21.7. The number of methoxy groups -OCH3 is 2. The number of amides is 1. The average molecular weight is 419 g/mol. The van der Waals surface area contributed by atoms with Gasteiger partial charge in [-0.3, -0.25) is 14.6 Å². The largest absolute Gasteiger partial charge is 0.493 e. The van der Waals surface area contributed by atoms with Gasteiger partial charge in [-0.05, 0) is 42.3 Å². The quantitative estimate of drug-likeness (QED) is 0.748. The van der Waals surface area contributed by atoms with Crippen LogP contribution in [-0.4, -0.2) is 62.7 Å². The lowest BCUT2D eigenvalue weighted by Crippen LogP contribution is -2.48. The monoisotopic (exact) mass is 419 g/mol. The summed E-state index contributed by atoms with van der Waals surface area (Å²) in [7, 11) is 3.24. The molecule has 0 atom stereocenters. The summed E-state index contributed by atoms with van der Waals surface area (Å²) in [6, 6.07) is 7.47. The van der Waals surface area contributed by atoms with Crippen molar-refractivity contribution in [3.63, 3.8) is 0 Å². The van der Waals surface area contributed by atoms with Crippen molar-refractivity contribution in [1.82, 2.24) is 9.80 Å². The van der Waals surface area contributed by atoms with E-state index in [-0.39, 0.29) is 6.54 Å². The van der Waals surface area contributed by atoms with Gasteiger partial charge in [-0.15, -0.1) is 0 Å². The molecule has 2 aromatic carbocycles. The molecule has 0 unspecified atom stereocenters. The predicted octanol–water partition coefficient (Wildman–Crippen LogP) is 3.05. The Labute approximate surface area is 175 Å². The Morgan fingerprint density at radius 3 is 2.17 bits per heavy atom. The Morgan fingerprint density at radius 2 is 1.57 bits per heavy atom. The number of hydrogen-bond acceptors (Lipinski definition) is 5. The molecule has 2 aromatic rings. The molecule has 1 heterocycles. The maximum Gasteiger partial charge on any atom is 0.238 e. The molecule has 6 nitrogen and oxygen atoms in total. The van der Waals surface area contributed by atoms with Gasteiger partial charge in [-0.25, -0.2) is 8.78 Å². The Kier molecular flexibility index (Phi) is 7.23. The molecule has 0 aromatic heterocycles. The van der Waals surface area contributed by atoms with Gasteiger partial charge in [-0.1, -0.05) is 6.07 Å². The molecule has 30 heavy (non-hydrogen) atoms. The van der Waals surface area contributed by atoms with Crippen LogP contribution in [0.1, 0.15) is 11.1 Å². The highest BCUT2D eigenvalue weighted by molar-refractivity contribution is 5.92. The zero-order valence-corrected chi connectivity index (χ0v) is 17.5. The minimum atomic E-state index is -0.779. The highest BCUT2D eigenvalue weighted by Gasteiger charge is 2.21. The van der Waals surface area contributed by atoms with Crippen molar-refractivity contribution in [1.29, 1.82) is 0 Å². The standard InChI is InChI=1S/C22H27F2N3O3/c1-15-11-19(29-2)20(30-3)12-16(15)13-26-7-9-27(10-8-26)14-21(28)25-22-17(23)5-4-6-18(22)24/h4-6,11-12H,7-10,13-14H2,1-3H3,(H,25,28). The molecule has 0 radical (unpaired) electrons. The number of halogens is 2. The lowest BCUT2D eigenvalue weighted by molar-refractivity contribution is -0.117. The van der Waals surface area contributed by atoms with Crippen LogP contribution in [0.5, 0.6) is 11.5 Å². The number of para-hydroxylation sites is 1. The maximum absolute atomic E-state index is 13.7. The summed E-state index contributed by atoms with van der Waals surface area (Å²) in [5.74, 6) is -0.574. The van der Waals surface area contributed by atoms with Crippen LogP contribution in [0.3, 0.4) is 0 Å². The number of benzene rings is 2. The van der Waals surface area contributed by atoms with Gasteiger partial charge >= 0.3 is 0 Å². The number of rotatable bonds is 7. The van der Waals surface area contributed by atoms with Crippen LogP contribution in [0, 0.1) is 18.6 Å². The van der Waals surface area contributed by atoms with Crippen molar-refractivity contribution in [3.8, 4) is 11.5 Å². The van der Waals surface area contributed by atoms with Crippen molar-refractivity contribution in [2.45, 2.75) is 13.5 Å². The Balaban J connectivity index is 1.52. The predicted molar refractivity (Wildman–Crippen MR) is 111 cm³/mol. The maximum atomic E-state index is 13.7. The molecule has 3 rings (SSSR count). The molecular formula is C22H27F2N3O3. The minimum Gasteiger partial charge on any atom is -0.493 e. The van der Waals surface area contributed by atoms with Gasteiger partial charge in [0.1, 0.15) is 17.3 Å². The first-order valence-electron chi connectivity index (χ1n) is 9.81. The number of carbonyl (C=O) groups is 1. The zero-order valence-electron chi connectivity index (χ0n) is 17.5. The fourth-order valence-electron chi connectivity index (χ4n) is 3.54. The Morgan fingerprint density at radius 1 is 1.00 bits per heavy atom. The van der Waals surface area contributed by atoms with E-state index in [1.807, 2.05) is 24.0 Å². The van der Waals surface area contributed by atoms with Gasteiger partial charge in [-0.2, -0.15) is 0 Å². The third kappa shape index (κ3) is 5.25. The highest BCUT2D eigenvalue weighted by atomic mass is 19.1. The summed E-state index contributed by atoms with van der Waals surface area (Å²) >= 11 is 0. The van der Waals surface area contributed by atoms with Gasteiger partial charge in [0, 0.05) is 32.7 Å². The summed E-state index contributed by atoms with van der Waals surface area (Å²) < 4.78 is 38.1. The van der Waals surface area contributed by atoms with Crippen LogP contribution >= 0.6 is 0 Å². The SMILES string of the molecule is COc1cc(C)c(CN2CCN(CC(=O)Nc3c(F)cccc3F)CC2)cc1OC. The van der Waals surface area contributed by atoms with Crippen molar-refractivity contribution in [2.24, 2.45) is 0 Å². The summed E-state index contributed by atoms with van der Waals surface area (Å²) in [5.41, 5.74) is 1.89. The summed E-state index contributed by atoms with van der Waals surface area (Å²) in [4.78, 5) is 16.5. The number of hydrogen-bond donors (Lipinski definition) is 1. The minimum absolute atomic E-state index is 0.0942. The third-order valence-electron chi connectivity index (χ3n) is 5.30. The third-order valence-corrected chi connectivity index (χ3v) is 5.30. The number of ether oxygens (including phenoxy) is 2. The number of nitrogens with zero attached hydrogens (tertiary/aromatic N) is 2. The van der Waals surface area contributed by atoms with E-state index in [0.29, 0.717) is 24.6 Å². The molecule has 1 amide bonds. The number of aryl methyl sites for hydroxylation is 1. The smallest absolute Gasteiger partial charge is 0.238 e. The number of anilines is 1. The lowest BCUT2D eigenvalue weighted by atomic mass is 10.1. The lowest BCUT2D eigenvalue weighted by Gasteiger charge is -2.34. The molecule has 0 bridgehead atoms. The van der Waals surface area contributed by atoms with E-state index in [4.69, 9.17) is 9.47 Å². The first kappa shape index (κ1) is 22.0. The van der Waals surface area contributed by atoms with Crippen molar-refractivity contribution in [3.05, 3.63) is 53.1 Å². The molecule has 0 aliphatic carbocycles. The van der Waals surface area contributed by atoms with Crippen LogP contribution in [0.2, 0.25) is 0 Å². The van der Waals surface area contributed by atoms with Crippen molar-refractivity contribution >= 4 is 11.6 Å². The second-order valence-electron chi connectivity index (χ2n) is 7.33. The molecule has 1 aliphatic heterocycles. The van der Waals surface area contributed by atoms with Gasteiger partial charge in [0.15, 0.2) is 11.5 Å². The van der Waals surface area contributed by atoms with Crippen LogP contribution < -0.4 is 14.8 Å². The number of carbonyl (C=O) groups excluding carboxylic acids is 1. The average Bonchev–Trinajstić information content (AvgIpc) is 2.73. The first-order valence-corrected chi connectivity index (χ1v) is 9.81. The topological polar surface area (TPSA) is 54.0 Å². The van der Waals surface area contributed by atoms with Gasteiger partial charge < -0.3 is 14.8 Å². The van der Waals surface area contributed by atoms with Gasteiger partial charge in [0.25, 0.3) is 0 Å². The van der Waals surface area contributed by atoms with E-state index < -0.39 is 23.2 Å². The number of piperazine rings is 1. The first-order chi connectivity index (χ1) is 14.4. The summed E-state index contributed by atoms with van der Waals surface area (Å²) in [6.07, 6.45) is 0. The molecule has 8 heteroatoms. The molecular weight excluding hydrogens is 392 g/mol. The molecule has 1 aliphatic rings. The van der Waals surface area contributed by atoms with E-state index in [0.717, 1.165) is 42.9 Å². The van der Waals surface area contributed by atoms with E-state index in [2.05, 4.69) is 10.2 Å².